The summed E-state index contributed by atoms with van der Waals surface area (Å²) in [5.41, 5.74) is 3.14. The van der Waals surface area contributed by atoms with Gasteiger partial charge in [-0.1, -0.05) is 12.1 Å². The highest BCUT2D eigenvalue weighted by molar-refractivity contribution is 5.87. The van der Waals surface area contributed by atoms with E-state index in [-0.39, 0.29) is 17.9 Å². The van der Waals surface area contributed by atoms with E-state index in [0.29, 0.717) is 13.0 Å². The zero-order valence-corrected chi connectivity index (χ0v) is 17.1. The molecule has 1 aliphatic rings. The van der Waals surface area contributed by atoms with Gasteiger partial charge in [0, 0.05) is 20.6 Å². The van der Waals surface area contributed by atoms with Crippen LogP contribution in [0.5, 0.6) is 5.75 Å². The second-order valence-electron chi connectivity index (χ2n) is 8.18. The quantitative estimate of drug-likeness (QED) is 0.800. The fourth-order valence-corrected chi connectivity index (χ4v) is 3.18. The molecule has 3 amide bonds. The number of hydrogen-bond acceptors (Lipinski definition) is 4. The number of hydroxylamine groups is 1. The van der Waals surface area contributed by atoms with Crippen LogP contribution in [0.1, 0.15) is 32.8 Å². The summed E-state index contributed by atoms with van der Waals surface area (Å²) in [6.07, 6.45) is 1.43. The Hall–Kier alpha value is -2.28. The summed E-state index contributed by atoms with van der Waals surface area (Å²) < 4.78 is 5.19. The number of likely N-dealkylation sites (N-methyl/N-ethyl adjacent to an activating group) is 1. The highest BCUT2D eigenvalue weighted by Crippen LogP contribution is 2.28. The van der Waals surface area contributed by atoms with E-state index in [9.17, 15) is 9.59 Å². The van der Waals surface area contributed by atoms with Crippen LogP contribution in [0.4, 0.5) is 4.79 Å². The maximum absolute atomic E-state index is 12.6. The number of ether oxygens (including phenoxy) is 1. The van der Waals surface area contributed by atoms with Crippen molar-refractivity contribution in [2.45, 2.75) is 45.3 Å². The zero-order valence-electron chi connectivity index (χ0n) is 17.1. The van der Waals surface area contributed by atoms with E-state index < -0.39 is 11.6 Å². The van der Waals surface area contributed by atoms with Crippen LogP contribution in [0, 0.1) is 5.92 Å². The molecule has 1 saturated heterocycles. The zero-order chi connectivity index (χ0) is 20.2. The van der Waals surface area contributed by atoms with Crippen LogP contribution < -0.4 is 10.2 Å². The molecule has 0 radical (unpaired) electrons. The molecule has 1 aromatic rings. The van der Waals surface area contributed by atoms with Gasteiger partial charge in [0.15, 0.2) is 0 Å². The van der Waals surface area contributed by atoms with E-state index >= 15 is 0 Å². The number of likely N-dealkylation sites (tertiary alicyclic amines) is 1. The summed E-state index contributed by atoms with van der Waals surface area (Å²) in [7, 11) is 5.06. The first-order valence-corrected chi connectivity index (χ1v) is 9.19. The summed E-state index contributed by atoms with van der Waals surface area (Å²) in [5, 5.41) is 0. The van der Waals surface area contributed by atoms with Crippen LogP contribution in [0.15, 0.2) is 24.3 Å². The molecule has 7 heteroatoms. The summed E-state index contributed by atoms with van der Waals surface area (Å²) in [6.45, 7) is 6.07. The maximum atomic E-state index is 12.6. The van der Waals surface area contributed by atoms with Gasteiger partial charge in [-0.15, -0.1) is 0 Å². The van der Waals surface area contributed by atoms with Crippen molar-refractivity contribution in [1.82, 2.24) is 15.3 Å². The first kappa shape index (κ1) is 21.0. The Kier molecular flexibility index (Phi) is 6.70. The second-order valence-corrected chi connectivity index (χ2v) is 8.18. The number of nitrogens with one attached hydrogen (secondary N) is 1. The Morgan fingerprint density at radius 2 is 1.85 bits per heavy atom. The van der Waals surface area contributed by atoms with Crippen LogP contribution >= 0.6 is 0 Å². The van der Waals surface area contributed by atoms with Gasteiger partial charge < -0.3 is 14.5 Å². The predicted octanol–water partition coefficient (Wildman–Crippen LogP) is 2.46. The average molecular weight is 377 g/mol. The third-order valence-electron chi connectivity index (χ3n) is 4.50. The van der Waals surface area contributed by atoms with Crippen molar-refractivity contribution in [2.75, 3.05) is 27.7 Å². The Labute approximate surface area is 161 Å². The topological polar surface area (TPSA) is 71.1 Å². The van der Waals surface area contributed by atoms with E-state index in [1.807, 2.05) is 45.0 Å². The molecule has 1 aromatic carbocycles. The largest absolute Gasteiger partial charge is 0.497 e. The van der Waals surface area contributed by atoms with Gasteiger partial charge in [-0.25, -0.2) is 10.3 Å². The molecule has 1 heterocycles. The lowest BCUT2D eigenvalue weighted by molar-refractivity contribution is -0.133. The highest BCUT2D eigenvalue weighted by Gasteiger charge is 2.40. The van der Waals surface area contributed by atoms with Crippen molar-refractivity contribution in [3.63, 3.8) is 0 Å². The van der Waals surface area contributed by atoms with E-state index in [2.05, 4.69) is 5.48 Å². The van der Waals surface area contributed by atoms with Gasteiger partial charge in [-0.2, -0.15) is 0 Å². The first-order chi connectivity index (χ1) is 12.6. The lowest BCUT2D eigenvalue weighted by Crippen LogP contribution is -2.50. The van der Waals surface area contributed by atoms with Crippen molar-refractivity contribution >= 4 is 11.9 Å². The average Bonchev–Trinajstić information content (AvgIpc) is 3.02. The van der Waals surface area contributed by atoms with Crippen LogP contribution in [-0.4, -0.2) is 61.1 Å². The number of methoxy groups -OCH3 is 1. The molecule has 0 spiro atoms. The van der Waals surface area contributed by atoms with Crippen LogP contribution in [0.3, 0.4) is 0 Å². The van der Waals surface area contributed by atoms with Crippen molar-refractivity contribution in [3.05, 3.63) is 29.8 Å². The van der Waals surface area contributed by atoms with Gasteiger partial charge in [0.25, 0.3) is 0 Å². The molecule has 0 aromatic heterocycles. The monoisotopic (exact) mass is 377 g/mol. The number of urea groups is 1. The second kappa shape index (κ2) is 8.61. The van der Waals surface area contributed by atoms with E-state index in [1.165, 1.54) is 4.90 Å². The molecular formula is C20H31N3O4. The van der Waals surface area contributed by atoms with Gasteiger partial charge in [-0.05, 0) is 57.2 Å². The molecule has 1 aliphatic heterocycles. The lowest BCUT2D eigenvalue weighted by atomic mass is 9.96. The smallest absolute Gasteiger partial charge is 0.342 e. The minimum atomic E-state index is -0.501. The number of nitrogens with zero attached hydrogens (tertiary/aromatic N) is 2. The summed E-state index contributed by atoms with van der Waals surface area (Å²) in [4.78, 5) is 33.7. The molecule has 27 heavy (non-hydrogen) atoms. The normalized spacial score (nSPS) is 19.7. The highest BCUT2D eigenvalue weighted by atomic mass is 16.7. The van der Waals surface area contributed by atoms with E-state index in [4.69, 9.17) is 9.57 Å². The third kappa shape index (κ3) is 5.85. The summed E-state index contributed by atoms with van der Waals surface area (Å²) in [5.74, 6) is 0.942. The Morgan fingerprint density at radius 1 is 1.22 bits per heavy atom. The molecule has 1 N–H and O–H groups in total. The summed E-state index contributed by atoms with van der Waals surface area (Å²) >= 11 is 0. The van der Waals surface area contributed by atoms with Gasteiger partial charge in [0.05, 0.1) is 12.7 Å². The SMILES string of the molecule is COc1ccc(C[C@H]2C[C@@H](C(=O)N(C)C)N(C(=O)NOC(C)(C)C)C2)cc1. The Bertz CT molecular complexity index is 652. The van der Waals surface area contributed by atoms with Gasteiger partial charge in [-0.3, -0.25) is 9.63 Å². The standard InChI is InChI=1S/C20H31N3O4/c1-20(2,3)27-21-19(25)23-13-15(12-17(23)18(24)22(4)5)11-14-7-9-16(26-6)10-8-14/h7-10,15,17H,11-13H2,1-6H3,(H,21,25)/t15-,17-/m0/s1. The molecule has 2 atom stereocenters. The molecule has 150 valence electrons. The number of rotatable bonds is 5. The van der Waals surface area contributed by atoms with Crippen molar-refractivity contribution in [2.24, 2.45) is 5.92 Å². The molecular weight excluding hydrogens is 346 g/mol. The van der Waals surface area contributed by atoms with Crippen LogP contribution in [0.25, 0.3) is 0 Å². The molecule has 0 saturated carbocycles. The maximum Gasteiger partial charge on any atom is 0.342 e. The number of carbonyl (C=O) groups is 2. The van der Waals surface area contributed by atoms with Crippen molar-refractivity contribution < 1.29 is 19.2 Å². The Morgan fingerprint density at radius 3 is 2.37 bits per heavy atom. The lowest BCUT2D eigenvalue weighted by Gasteiger charge is -2.28. The van der Waals surface area contributed by atoms with Gasteiger partial charge in [0.1, 0.15) is 11.8 Å². The predicted molar refractivity (Wildman–Crippen MR) is 103 cm³/mol. The molecule has 7 nitrogen and oxygen atoms in total. The van der Waals surface area contributed by atoms with E-state index in [1.54, 1.807) is 26.1 Å². The number of hydrogen-bond donors (Lipinski definition) is 1. The van der Waals surface area contributed by atoms with Crippen LogP contribution in [0.2, 0.25) is 0 Å². The minimum absolute atomic E-state index is 0.0712. The number of amides is 3. The van der Waals surface area contributed by atoms with Crippen molar-refractivity contribution in [1.29, 1.82) is 0 Å². The molecule has 2 rings (SSSR count). The van der Waals surface area contributed by atoms with Gasteiger partial charge in [0.2, 0.25) is 5.91 Å². The third-order valence-corrected chi connectivity index (χ3v) is 4.50. The summed E-state index contributed by atoms with van der Waals surface area (Å²) in [6, 6.07) is 7.04. The van der Waals surface area contributed by atoms with Gasteiger partial charge >= 0.3 is 6.03 Å². The molecule has 1 fully saturated rings. The molecule has 0 unspecified atom stereocenters. The Balaban J connectivity index is 2.08. The fraction of sp³-hybridized carbons (Fsp3) is 0.600. The van der Waals surface area contributed by atoms with E-state index in [0.717, 1.165) is 17.7 Å². The minimum Gasteiger partial charge on any atom is -0.497 e. The number of carbonyl (C=O) groups excluding carboxylic acids is 2. The first-order valence-electron chi connectivity index (χ1n) is 9.19. The molecule has 0 bridgehead atoms. The fourth-order valence-electron chi connectivity index (χ4n) is 3.18. The molecule has 0 aliphatic carbocycles. The van der Waals surface area contributed by atoms with Crippen molar-refractivity contribution in [3.8, 4) is 5.75 Å². The number of benzene rings is 1. The van der Waals surface area contributed by atoms with Crippen LogP contribution in [-0.2, 0) is 16.1 Å².